The molecule has 2 N–H and O–H groups in total. The predicted octanol–water partition coefficient (Wildman–Crippen LogP) is 3.84. The molecule has 140 valence electrons. The third-order valence-electron chi connectivity index (χ3n) is 4.43. The average Bonchev–Trinajstić information content (AvgIpc) is 3.49. The van der Waals surface area contributed by atoms with Crippen LogP contribution in [0.25, 0.3) is 0 Å². The standard InChI is InChI=1S/C22H25N3O2/c1-2-14-25(15-13-17-7-4-3-5-8-17)21(26)18-9-6-10-20(16-18)24-22(27)23-19-11-12-19/h2-10,16,19H,1,11-15H2,(H2,23,24,27). The van der Waals surface area contributed by atoms with Crippen LogP contribution in [0.2, 0.25) is 0 Å². The number of carbonyl (C=O) groups excluding carboxylic acids is 2. The molecule has 0 radical (unpaired) electrons. The van der Waals surface area contributed by atoms with Gasteiger partial charge in [0.1, 0.15) is 0 Å². The van der Waals surface area contributed by atoms with Crippen molar-refractivity contribution >= 4 is 17.6 Å². The second-order valence-corrected chi connectivity index (χ2v) is 6.73. The summed E-state index contributed by atoms with van der Waals surface area (Å²) in [6.07, 6.45) is 4.57. The number of anilines is 1. The van der Waals surface area contributed by atoms with E-state index in [0.29, 0.717) is 24.3 Å². The van der Waals surface area contributed by atoms with Crippen molar-refractivity contribution in [2.75, 3.05) is 18.4 Å². The Labute approximate surface area is 160 Å². The Morgan fingerprint density at radius 3 is 2.59 bits per heavy atom. The Morgan fingerprint density at radius 1 is 1.11 bits per heavy atom. The van der Waals surface area contributed by atoms with Gasteiger partial charge < -0.3 is 15.5 Å². The lowest BCUT2D eigenvalue weighted by atomic mass is 10.1. The van der Waals surface area contributed by atoms with Gasteiger partial charge in [-0.25, -0.2) is 4.79 Å². The zero-order valence-corrected chi connectivity index (χ0v) is 15.4. The molecule has 2 aromatic rings. The van der Waals surface area contributed by atoms with Crippen LogP contribution < -0.4 is 10.6 Å². The van der Waals surface area contributed by atoms with Gasteiger partial charge >= 0.3 is 6.03 Å². The molecule has 3 amide bonds. The van der Waals surface area contributed by atoms with Crippen molar-refractivity contribution in [2.45, 2.75) is 25.3 Å². The Morgan fingerprint density at radius 2 is 1.89 bits per heavy atom. The molecule has 3 rings (SSSR count). The number of rotatable bonds is 8. The minimum absolute atomic E-state index is 0.0721. The lowest BCUT2D eigenvalue weighted by molar-refractivity contribution is 0.0775. The number of nitrogens with one attached hydrogen (secondary N) is 2. The third-order valence-corrected chi connectivity index (χ3v) is 4.43. The van der Waals surface area contributed by atoms with Crippen LogP contribution in [0.5, 0.6) is 0 Å². The lowest BCUT2D eigenvalue weighted by Gasteiger charge is -2.21. The average molecular weight is 363 g/mol. The topological polar surface area (TPSA) is 61.4 Å². The summed E-state index contributed by atoms with van der Waals surface area (Å²) in [6.45, 7) is 4.85. The zero-order valence-electron chi connectivity index (χ0n) is 15.4. The van der Waals surface area contributed by atoms with E-state index < -0.39 is 0 Å². The van der Waals surface area contributed by atoms with E-state index in [0.717, 1.165) is 19.3 Å². The van der Waals surface area contributed by atoms with Crippen LogP contribution in [0, 0.1) is 0 Å². The molecule has 5 heteroatoms. The van der Waals surface area contributed by atoms with Gasteiger partial charge in [-0.05, 0) is 43.0 Å². The van der Waals surface area contributed by atoms with Crippen LogP contribution in [0.3, 0.4) is 0 Å². The smallest absolute Gasteiger partial charge is 0.319 e. The lowest BCUT2D eigenvalue weighted by Crippen LogP contribution is -2.33. The number of hydrogen-bond donors (Lipinski definition) is 2. The van der Waals surface area contributed by atoms with E-state index in [1.54, 1.807) is 35.2 Å². The third kappa shape index (κ3) is 5.71. The second kappa shape index (κ2) is 9.03. The van der Waals surface area contributed by atoms with Crippen molar-refractivity contribution in [3.05, 3.63) is 78.4 Å². The first-order valence-corrected chi connectivity index (χ1v) is 9.27. The van der Waals surface area contributed by atoms with Gasteiger partial charge in [-0.1, -0.05) is 42.5 Å². The van der Waals surface area contributed by atoms with Crippen molar-refractivity contribution in [2.24, 2.45) is 0 Å². The van der Waals surface area contributed by atoms with Gasteiger partial charge in [0.15, 0.2) is 0 Å². The van der Waals surface area contributed by atoms with E-state index >= 15 is 0 Å². The van der Waals surface area contributed by atoms with Gasteiger partial charge in [0.05, 0.1) is 0 Å². The largest absolute Gasteiger partial charge is 0.335 e. The van der Waals surface area contributed by atoms with Gasteiger partial charge in [0, 0.05) is 30.4 Å². The molecule has 2 aromatic carbocycles. The maximum Gasteiger partial charge on any atom is 0.319 e. The summed E-state index contributed by atoms with van der Waals surface area (Å²) < 4.78 is 0. The number of benzene rings is 2. The Kier molecular flexibility index (Phi) is 6.26. The summed E-state index contributed by atoms with van der Waals surface area (Å²) in [7, 11) is 0. The van der Waals surface area contributed by atoms with Crippen molar-refractivity contribution in [3.63, 3.8) is 0 Å². The van der Waals surface area contributed by atoms with Crippen molar-refractivity contribution in [1.82, 2.24) is 10.2 Å². The highest BCUT2D eigenvalue weighted by atomic mass is 16.2. The van der Waals surface area contributed by atoms with E-state index in [9.17, 15) is 9.59 Å². The van der Waals surface area contributed by atoms with Crippen LogP contribution in [-0.2, 0) is 6.42 Å². The molecule has 0 heterocycles. The monoisotopic (exact) mass is 363 g/mol. The minimum Gasteiger partial charge on any atom is -0.335 e. The minimum atomic E-state index is -0.228. The normalized spacial score (nSPS) is 12.9. The maximum absolute atomic E-state index is 12.9. The number of carbonyl (C=O) groups is 2. The molecule has 0 bridgehead atoms. The molecule has 1 aliphatic carbocycles. The second-order valence-electron chi connectivity index (χ2n) is 6.73. The van der Waals surface area contributed by atoms with Crippen molar-refractivity contribution in [1.29, 1.82) is 0 Å². The SMILES string of the molecule is C=CCN(CCc1ccccc1)C(=O)c1cccc(NC(=O)NC2CC2)c1. The van der Waals surface area contributed by atoms with Gasteiger partial charge in [-0.2, -0.15) is 0 Å². The highest BCUT2D eigenvalue weighted by Gasteiger charge is 2.23. The summed E-state index contributed by atoms with van der Waals surface area (Å²) in [4.78, 5) is 26.6. The molecule has 1 fully saturated rings. The van der Waals surface area contributed by atoms with E-state index in [1.165, 1.54) is 5.56 Å². The van der Waals surface area contributed by atoms with Gasteiger partial charge in [-0.3, -0.25) is 4.79 Å². The Balaban J connectivity index is 1.64. The van der Waals surface area contributed by atoms with E-state index in [1.807, 2.05) is 18.2 Å². The number of hydrogen-bond acceptors (Lipinski definition) is 2. The van der Waals surface area contributed by atoms with Crippen LogP contribution in [0.1, 0.15) is 28.8 Å². The van der Waals surface area contributed by atoms with Gasteiger partial charge in [0.2, 0.25) is 0 Å². The quantitative estimate of drug-likeness (QED) is 0.700. The van der Waals surface area contributed by atoms with E-state index in [2.05, 4.69) is 29.3 Å². The number of nitrogens with zero attached hydrogens (tertiary/aromatic N) is 1. The molecule has 27 heavy (non-hydrogen) atoms. The zero-order chi connectivity index (χ0) is 19.1. The fraction of sp³-hybridized carbons (Fsp3) is 0.273. The van der Waals surface area contributed by atoms with Crippen LogP contribution in [0.4, 0.5) is 10.5 Å². The van der Waals surface area contributed by atoms with Gasteiger partial charge in [0.25, 0.3) is 5.91 Å². The molecule has 5 nitrogen and oxygen atoms in total. The summed E-state index contributed by atoms with van der Waals surface area (Å²) in [5.41, 5.74) is 2.35. The van der Waals surface area contributed by atoms with Crippen LogP contribution >= 0.6 is 0 Å². The summed E-state index contributed by atoms with van der Waals surface area (Å²) in [5, 5.41) is 5.67. The fourth-order valence-corrected chi connectivity index (χ4v) is 2.83. The molecule has 1 saturated carbocycles. The maximum atomic E-state index is 12.9. The molecule has 1 aliphatic rings. The summed E-state index contributed by atoms with van der Waals surface area (Å²) in [6, 6.07) is 17.2. The molecule has 0 spiro atoms. The molecular weight excluding hydrogens is 338 g/mol. The first kappa shape index (κ1) is 18.7. The highest BCUT2D eigenvalue weighted by Crippen LogP contribution is 2.19. The fourth-order valence-electron chi connectivity index (χ4n) is 2.83. The highest BCUT2D eigenvalue weighted by molar-refractivity contribution is 5.97. The predicted molar refractivity (Wildman–Crippen MR) is 108 cm³/mol. The molecule has 0 aliphatic heterocycles. The number of urea groups is 1. The van der Waals surface area contributed by atoms with Crippen molar-refractivity contribution in [3.8, 4) is 0 Å². The van der Waals surface area contributed by atoms with E-state index in [4.69, 9.17) is 0 Å². The first-order chi connectivity index (χ1) is 13.2. The van der Waals surface area contributed by atoms with Gasteiger partial charge in [-0.15, -0.1) is 6.58 Å². The molecular formula is C22H25N3O2. The molecule has 0 unspecified atom stereocenters. The van der Waals surface area contributed by atoms with Crippen LogP contribution in [0.15, 0.2) is 67.3 Å². The summed E-state index contributed by atoms with van der Waals surface area (Å²) in [5.74, 6) is -0.0721. The molecule has 0 aromatic heterocycles. The van der Waals surface area contributed by atoms with Crippen LogP contribution in [-0.4, -0.2) is 36.0 Å². The first-order valence-electron chi connectivity index (χ1n) is 9.27. The summed E-state index contributed by atoms with van der Waals surface area (Å²) >= 11 is 0. The molecule has 0 saturated heterocycles. The Hall–Kier alpha value is -3.08. The number of amides is 3. The Bertz CT molecular complexity index is 800. The van der Waals surface area contributed by atoms with E-state index in [-0.39, 0.29) is 18.0 Å². The van der Waals surface area contributed by atoms with Crippen molar-refractivity contribution < 1.29 is 9.59 Å². The molecule has 0 atom stereocenters.